The molecule has 5 heteroatoms. The van der Waals surface area contributed by atoms with Crippen LogP contribution in [0.15, 0.2) is 29.9 Å². The zero-order chi connectivity index (χ0) is 13.2. The minimum Gasteiger partial charge on any atom is -0.484 e. The molecular formula is C14H15FN2OS. The van der Waals surface area contributed by atoms with Gasteiger partial charge in [0, 0.05) is 30.3 Å². The Morgan fingerprint density at radius 3 is 3.16 bits per heavy atom. The Morgan fingerprint density at radius 1 is 1.53 bits per heavy atom. The summed E-state index contributed by atoms with van der Waals surface area (Å²) in [7, 11) is 0. The van der Waals surface area contributed by atoms with Crippen molar-refractivity contribution in [2.45, 2.75) is 25.5 Å². The van der Waals surface area contributed by atoms with E-state index in [4.69, 9.17) is 4.74 Å². The maximum atomic E-state index is 13.4. The summed E-state index contributed by atoms with van der Waals surface area (Å²) in [5, 5.41) is 3.43. The number of fused-ring (bicyclic) bond motifs is 1. The molecule has 1 aliphatic heterocycles. The average molecular weight is 278 g/mol. The first-order valence-electron chi connectivity index (χ1n) is 6.35. The molecule has 19 heavy (non-hydrogen) atoms. The molecule has 0 bridgehead atoms. The van der Waals surface area contributed by atoms with Crippen LogP contribution in [-0.2, 0) is 0 Å². The molecule has 3 rings (SSSR count). The summed E-state index contributed by atoms with van der Waals surface area (Å²) < 4.78 is 19.3. The molecule has 2 heterocycles. The highest BCUT2D eigenvalue weighted by Crippen LogP contribution is 2.41. The Morgan fingerprint density at radius 2 is 2.42 bits per heavy atom. The highest BCUT2D eigenvalue weighted by molar-refractivity contribution is 7.09. The van der Waals surface area contributed by atoms with E-state index in [0.29, 0.717) is 5.75 Å². The van der Waals surface area contributed by atoms with E-state index in [1.807, 2.05) is 6.20 Å². The molecule has 1 aromatic carbocycles. The molecule has 0 amide bonds. The summed E-state index contributed by atoms with van der Waals surface area (Å²) in [5.41, 5.74) is 2.83. The van der Waals surface area contributed by atoms with Gasteiger partial charge >= 0.3 is 0 Å². The Bertz CT molecular complexity index is 559. The molecule has 0 aliphatic carbocycles. The number of hydrogen-bond donors (Lipinski definition) is 1. The third-order valence-corrected chi connectivity index (χ3v) is 4.16. The second kappa shape index (κ2) is 5.27. The molecule has 1 aromatic heterocycles. The molecule has 2 aromatic rings. The maximum Gasteiger partial charge on any atom is 0.136 e. The number of thiazole rings is 1. The van der Waals surface area contributed by atoms with Gasteiger partial charge in [-0.15, -0.1) is 11.3 Å². The van der Waals surface area contributed by atoms with Crippen LogP contribution in [0.4, 0.5) is 4.39 Å². The van der Waals surface area contributed by atoms with Crippen LogP contribution in [0.5, 0.6) is 5.75 Å². The van der Waals surface area contributed by atoms with Crippen molar-refractivity contribution in [2.24, 2.45) is 0 Å². The predicted molar refractivity (Wildman–Crippen MR) is 72.9 cm³/mol. The summed E-state index contributed by atoms with van der Waals surface area (Å²) in [6.45, 7) is 2.94. The number of rotatable bonds is 3. The van der Waals surface area contributed by atoms with Gasteiger partial charge in [-0.25, -0.2) is 4.39 Å². The molecule has 0 spiro atoms. The van der Waals surface area contributed by atoms with Gasteiger partial charge in [0.25, 0.3) is 0 Å². The number of nitrogens with zero attached hydrogens (tertiary/aromatic N) is 1. The molecule has 3 nitrogen and oxygen atoms in total. The van der Waals surface area contributed by atoms with Crippen LogP contribution in [0.1, 0.15) is 35.9 Å². The van der Waals surface area contributed by atoms with E-state index in [2.05, 4.69) is 17.2 Å². The fraction of sp³-hybridized carbons (Fsp3) is 0.357. The molecule has 2 unspecified atom stereocenters. The van der Waals surface area contributed by atoms with Crippen molar-refractivity contribution in [3.8, 4) is 5.75 Å². The Balaban J connectivity index is 1.95. The fourth-order valence-electron chi connectivity index (χ4n) is 2.44. The van der Waals surface area contributed by atoms with Crippen molar-refractivity contribution >= 4 is 11.3 Å². The van der Waals surface area contributed by atoms with Crippen LogP contribution in [0, 0.1) is 5.82 Å². The molecule has 100 valence electrons. The molecule has 1 aliphatic rings. The standard InChI is InChI=1S/C14H15FN2OS/c1-2-17-11-6-13(14-7-16-8-19-14)18-12-5-9(15)3-4-10(11)12/h3-5,7-8,11,13,17H,2,6H2,1H3. The summed E-state index contributed by atoms with van der Waals surface area (Å²) in [4.78, 5) is 5.17. The summed E-state index contributed by atoms with van der Waals surface area (Å²) in [6, 6.07) is 4.95. The fourth-order valence-corrected chi connectivity index (χ4v) is 3.10. The zero-order valence-corrected chi connectivity index (χ0v) is 11.4. The molecule has 0 saturated heterocycles. The van der Waals surface area contributed by atoms with Gasteiger partial charge in [0.1, 0.15) is 17.7 Å². The monoisotopic (exact) mass is 278 g/mol. The van der Waals surface area contributed by atoms with Crippen molar-refractivity contribution in [1.29, 1.82) is 0 Å². The first-order chi connectivity index (χ1) is 9.28. The Kier molecular flexibility index (Phi) is 3.48. The molecule has 0 saturated carbocycles. The van der Waals surface area contributed by atoms with Gasteiger partial charge in [0.2, 0.25) is 0 Å². The third-order valence-electron chi connectivity index (χ3n) is 3.29. The lowest BCUT2D eigenvalue weighted by molar-refractivity contribution is 0.154. The second-order valence-corrected chi connectivity index (χ2v) is 5.46. The van der Waals surface area contributed by atoms with Gasteiger partial charge in [-0.05, 0) is 12.6 Å². The van der Waals surface area contributed by atoms with Crippen LogP contribution < -0.4 is 10.1 Å². The number of aromatic nitrogens is 1. The van der Waals surface area contributed by atoms with E-state index in [1.165, 1.54) is 12.1 Å². The minimum atomic E-state index is -0.265. The van der Waals surface area contributed by atoms with Gasteiger partial charge in [0.15, 0.2) is 0 Å². The Hall–Kier alpha value is -1.46. The average Bonchev–Trinajstić information content (AvgIpc) is 2.92. The van der Waals surface area contributed by atoms with Crippen LogP contribution in [0.3, 0.4) is 0 Å². The summed E-state index contributed by atoms with van der Waals surface area (Å²) >= 11 is 1.57. The van der Waals surface area contributed by atoms with Crippen molar-refractivity contribution in [2.75, 3.05) is 6.54 Å². The topological polar surface area (TPSA) is 34.2 Å². The lowest BCUT2D eigenvalue weighted by Gasteiger charge is -2.32. The number of hydrogen-bond acceptors (Lipinski definition) is 4. The quantitative estimate of drug-likeness (QED) is 0.933. The van der Waals surface area contributed by atoms with Gasteiger partial charge in [-0.1, -0.05) is 13.0 Å². The van der Waals surface area contributed by atoms with Crippen molar-refractivity contribution in [3.05, 3.63) is 46.2 Å². The summed E-state index contributed by atoms with van der Waals surface area (Å²) in [6.07, 6.45) is 2.61. The van der Waals surface area contributed by atoms with Crippen LogP contribution in [0.2, 0.25) is 0 Å². The SMILES string of the molecule is CCNC1CC(c2cncs2)Oc2cc(F)ccc21. The van der Waals surface area contributed by atoms with Gasteiger partial charge in [-0.3, -0.25) is 4.98 Å². The molecule has 0 fully saturated rings. The zero-order valence-electron chi connectivity index (χ0n) is 10.6. The highest BCUT2D eigenvalue weighted by Gasteiger charge is 2.29. The normalized spacial score (nSPS) is 21.8. The molecule has 0 radical (unpaired) electrons. The smallest absolute Gasteiger partial charge is 0.136 e. The van der Waals surface area contributed by atoms with Gasteiger partial charge in [-0.2, -0.15) is 0 Å². The molecule has 2 atom stereocenters. The van der Waals surface area contributed by atoms with Crippen molar-refractivity contribution in [3.63, 3.8) is 0 Å². The number of ether oxygens (including phenoxy) is 1. The van der Waals surface area contributed by atoms with Gasteiger partial charge in [0.05, 0.1) is 10.4 Å². The highest BCUT2D eigenvalue weighted by atomic mass is 32.1. The number of halogens is 1. The Labute approximate surface area is 115 Å². The number of nitrogens with one attached hydrogen (secondary N) is 1. The van der Waals surface area contributed by atoms with Crippen LogP contribution in [0.25, 0.3) is 0 Å². The van der Waals surface area contributed by atoms with Crippen LogP contribution >= 0.6 is 11.3 Å². The van der Waals surface area contributed by atoms with E-state index in [-0.39, 0.29) is 18.0 Å². The van der Waals surface area contributed by atoms with Crippen molar-refractivity contribution in [1.82, 2.24) is 10.3 Å². The summed E-state index contributed by atoms with van der Waals surface area (Å²) in [5.74, 6) is 0.370. The van der Waals surface area contributed by atoms with E-state index in [1.54, 1.807) is 22.9 Å². The first-order valence-corrected chi connectivity index (χ1v) is 7.23. The van der Waals surface area contributed by atoms with Gasteiger partial charge < -0.3 is 10.1 Å². The van der Waals surface area contributed by atoms with E-state index in [0.717, 1.165) is 23.4 Å². The minimum absolute atomic E-state index is 0.0501. The maximum absolute atomic E-state index is 13.4. The first kappa shape index (κ1) is 12.6. The van der Waals surface area contributed by atoms with E-state index < -0.39 is 0 Å². The number of benzene rings is 1. The lowest BCUT2D eigenvalue weighted by Crippen LogP contribution is -2.28. The molecular weight excluding hydrogens is 263 g/mol. The van der Waals surface area contributed by atoms with E-state index in [9.17, 15) is 4.39 Å². The second-order valence-electron chi connectivity index (χ2n) is 4.54. The predicted octanol–water partition coefficient (Wildman–Crippen LogP) is 3.46. The molecule has 1 N–H and O–H groups in total. The third kappa shape index (κ3) is 2.48. The van der Waals surface area contributed by atoms with Crippen molar-refractivity contribution < 1.29 is 9.13 Å². The lowest BCUT2D eigenvalue weighted by atomic mass is 9.96. The largest absolute Gasteiger partial charge is 0.484 e. The van der Waals surface area contributed by atoms with Crippen LogP contribution in [-0.4, -0.2) is 11.5 Å². The van der Waals surface area contributed by atoms with E-state index >= 15 is 0 Å².